The molecule has 0 heterocycles. The number of benzene rings is 6. The Kier molecular flexibility index (Phi) is 16.9. The van der Waals surface area contributed by atoms with Gasteiger partial charge in [-0.25, -0.2) is 0 Å². The molecular formula is C48H48O6. The van der Waals surface area contributed by atoms with Crippen molar-refractivity contribution in [3.05, 3.63) is 215 Å². The minimum atomic E-state index is -0.538. The summed E-state index contributed by atoms with van der Waals surface area (Å²) < 4.78 is 16.7. The Morgan fingerprint density at radius 1 is 0.426 bits per heavy atom. The molecule has 0 aliphatic rings. The SMILES string of the molecule is CC(C)OC(C(=O)c1ccccc1)c1ccccc1.CCOC(C(=O)c1ccccc1)c1ccccc1.COC(C(=O)c1ccccc1)c1ccccc1. The molecule has 0 saturated carbocycles. The maximum atomic E-state index is 12.6. The number of rotatable bonds is 14. The summed E-state index contributed by atoms with van der Waals surface area (Å²) in [6.45, 7) is 6.29. The van der Waals surface area contributed by atoms with Crippen molar-refractivity contribution in [1.29, 1.82) is 0 Å². The lowest BCUT2D eigenvalue weighted by Crippen LogP contribution is -2.19. The summed E-state index contributed by atoms with van der Waals surface area (Å²) in [5, 5.41) is 0. The van der Waals surface area contributed by atoms with Crippen molar-refractivity contribution in [2.45, 2.75) is 45.2 Å². The van der Waals surface area contributed by atoms with Crippen LogP contribution in [0.1, 0.15) is 86.8 Å². The van der Waals surface area contributed by atoms with Crippen molar-refractivity contribution in [1.82, 2.24) is 0 Å². The zero-order chi connectivity index (χ0) is 38.5. The zero-order valence-corrected chi connectivity index (χ0v) is 31.3. The lowest BCUT2D eigenvalue weighted by molar-refractivity contribution is 0.0114. The van der Waals surface area contributed by atoms with Crippen molar-refractivity contribution in [3.63, 3.8) is 0 Å². The van der Waals surface area contributed by atoms with Gasteiger partial charge in [0.1, 0.15) is 18.3 Å². The van der Waals surface area contributed by atoms with Gasteiger partial charge < -0.3 is 14.2 Å². The lowest BCUT2D eigenvalue weighted by atomic mass is 9.99. The number of ether oxygens (including phenoxy) is 3. The van der Waals surface area contributed by atoms with E-state index in [0.717, 1.165) is 16.7 Å². The Balaban J connectivity index is 0.000000181. The minimum absolute atomic E-state index is 0.000463. The van der Waals surface area contributed by atoms with Crippen molar-refractivity contribution < 1.29 is 28.6 Å². The Morgan fingerprint density at radius 3 is 1.02 bits per heavy atom. The van der Waals surface area contributed by atoms with Crippen LogP contribution in [0.25, 0.3) is 0 Å². The third-order valence-electron chi connectivity index (χ3n) is 8.17. The maximum Gasteiger partial charge on any atom is 0.196 e. The first-order valence-corrected chi connectivity index (χ1v) is 18.1. The Hall–Kier alpha value is -5.79. The van der Waals surface area contributed by atoms with Crippen molar-refractivity contribution in [2.75, 3.05) is 13.7 Å². The largest absolute Gasteiger partial charge is 0.369 e. The molecule has 276 valence electrons. The third-order valence-corrected chi connectivity index (χ3v) is 8.17. The fourth-order valence-corrected chi connectivity index (χ4v) is 5.59. The minimum Gasteiger partial charge on any atom is -0.369 e. The first-order valence-electron chi connectivity index (χ1n) is 18.1. The van der Waals surface area contributed by atoms with Gasteiger partial charge >= 0.3 is 0 Å². The molecule has 3 unspecified atom stereocenters. The van der Waals surface area contributed by atoms with E-state index in [-0.39, 0.29) is 23.5 Å². The van der Waals surface area contributed by atoms with Crippen LogP contribution in [0.3, 0.4) is 0 Å². The summed E-state index contributed by atoms with van der Waals surface area (Å²) in [4.78, 5) is 37.2. The Bertz CT molecular complexity index is 1950. The molecule has 0 spiro atoms. The molecule has 0 aliphatic heterocycles. The molecule has 0 aliphatic carbocycles. The fourth-order valence-electron chi connectivity index (χ4n) is 5.59. The van der Waals surface area contributed by atoms with Crippen LogP contribution < -0.4 is 0 Å². The Morgan fingerprint density at radius 2 is 0.704 bits per heavy atom. The van der Waals surface area contributed by atoms with Crippen LogP contribution in [-0.4, -0.2) is 37.2 Å². The highest BCUT2D eigenvalue weighted by atomic mass is 16.5. The predicted molar refractivity (Wildman–Crippen MR) is 215 cm³/mol. The number of carbonyl (C=O) groups excluding carboxylic acids is 3. The van der Waals surface area contributed by atoms with Gasteiger partial charge in [-0.1, -0.05) is 182 Å². The number of Topliss-reactive ketones (excluding diaryl/α,β-unsaturated/α-hetero) is 3. The highest BCUT2D eigenvalue weighted by Crippen LogP contribution is 2.25. The molecule has 0 bridgehead atoms. The van der Waals surface area contributed by atoms with Crippen molar-refractivity contribution >= 4 is 17.3 Å². The van der Waals surface area contributed by atoms with E-state index >= 15 is 0 Å². The van der Waals surface area contributed by atoms with E-state index in [1.165, 1.54) is 0 Å². The summed E-state index contributed by atoms with van der Waals surface area (Å²) in [7, 11) is 1.55. The topological polar surface area (TPSA) is 78.9 Å². The quantitative estimate of drug-likeness (QED) is 0.104. The van der Waals surface area contributed by atoms with Crippen LogP contribution >= 0.6 is 0 Å². The van der Waals surface area contributed by atoms with Crippen molar-refractivity contribution in [2.24, 2.45) is 0 Å². The second-order valence-electron chi connectivity index (χ2n) is 12.4. The van der Waals surface area contributed by atoms with Crippen LogP contribution in [0.4, 0.5) is 0 Å². The molecule has 0 fully saturated rings. The van der Waals surface area contributed by atoms with E-state index in [4.69, 9.17) is 14.2 Å². The van der Waals surface area contributed by atoms with Crippen molar-refractivity contribution in [3.8, 4) is 0 Å². The number of carbonyl (C=O) groups is 3. The maximum absolute atomic E-state index is 12.6. The van der Waals surface area contributed by atoms with Crippen LogP contribution in [0, 0.1) is 0 Å². The monoisotopic (exact) mass is 720 g/mol. The van der Waals surface area contributed by atoms with Gasteiger partial charge in [-0.2, -0.15) is 0 Å². The normalized spacial score (nSPS) is 12.2. The molecule has 54 heavy (non-hydrogen) atoms. The van der Waals surface area contributed by atoms with Gasteiger partial charge in [-0.05, 0) is 37.5 Å². The van der Waals surface area contributed by atoms with E-state index in [1.807, 2.05) is 191 Å². The predicted octanol–water partition coefficient (Wildman–Crippen LogP) is 10.9. The fraction of sp³-hybridized carbons (Fsp3) is 0.188. The van der Waals surface area contributed by atoms with E-state index < -0.39 is 18.3 Å². The average Bonchev–Trinajstić information content (AvgIpc) is 3.24. The smallest absolute Gasteiger partial charge is 0.196 e. The van der Waals surface area contributed by atoms with E-state index in [0.29, 0.717) is 23.3 Å². The molecule has 6 nitrogen and oxygen atoms in total. The molecule has 0 N–H and O–H groups in total. The second kappa shape index (κ2) is 22.3. The van der Waals surface area contributed by atoms with Crippen LogP contribution in [0.15, 0.2) is 182 Å². The van der Waals surface area contributed by atoms with Gasteiger partial charge in [0.15, 0.2) is 17.3 Å². The van der Waals surface area contributed by atoms with Gasteiger partial charge in [0.2, 0.25) is 0 Å². The molecule has 0 aromatic heterocycles. The van der Waals surface area contributed by atoms with Gasteiger partial charge in [0.25, 0.3) is 0 Å². The highest BCUT2D eigenvalue weighted by molar-refractivity contribution is 6.01. The molecular weight excluding hydrogens is 673 g/mol. The summed E-state index contributed by atoms with van der Waals surface area (Å²) >= 11 is 0. The van der Waals surface area contributed by atoms with Crippen LogP contribution in [-0.2, 0) is 14.2 Å². The number of methoxy groups -OCH3 is 1. The van der Waals surface area contributed by atoms with Gasteiger partial charge in [0.05, 0.1) is 6.10 Å². The van der Waals surface area contributed by atoms with Crippen LogP contribution in [0.2, 0.25) is 0 Å². The molecule has 0 amide bonds. The summed E-state index contributed by atoms with van der Waals surface area (Å²) in [5.74, 6) is -0.0107. The number of ketones is 3. The standard InChI is InChI=1S/C17H18O2.C16H16O2.C15H14O2/c1-13(2)19-17(15-11-7-4-8-12-15)16(18)14-9-5-3-6-10-14;1-2-18-16(14-11-7-4-8-12-14)15(17)13-9-5-3-6-10-13;1-17-15(13-10-6-3-7-11-13)14(16)12-8-4-2-5-9-12/h3-13,17H,1-2H3;3-12,16H,2H2,1H3;2-11,15H,1H3. The molecule has 0 radical (unpaired) electrons. The molecule has 6 rings (SSSR count). The van der Waals surface area contributed by atoms with Crippen LogP contribution in [0.5, 0.6) is 0 Å². The van der Waals surface area contributed by atoms with E-state index in [2.05, 4.69) is 0 Å². The van der Waals surface area contributed by atoms with Gasteiger partial charge in [0, 0.05) is 30.4 Å². The van der Waals surface area contributed by atoms with Gasteiger partial charge in [-0.3, -0.25) is 14.4 Å². The third kappa shape index (κ3) is 12.4. The lowest BCUT2D eigenvalue weighted by Gasteiger charge is -2.19. The summed E-state index contributed by atoms with van der Waals surface area (Å²) in [6.07, 6.45) is -1.58. The molecule has 0 saturated heterocycles. The first kappa shape index (κ1) is 41.0. The number of hydrogen-bond acceptors (Lipinski definition) is 6. The second-order valence-corrected chi connectivity index (χ2v) is 12.4. The molecule has 6 aromatic rings. The number of hydrogen-bond donors (Lipinski definition) is 0. The molecule has 3 atom stereocenters. The Labute approximate surface area is 319 Å². The molecule has 6 heteroatoms. The summed E-state index contributed by atoms with van der Waals surface area (Å²) in [6, 6.07) is 56.5. The van der Waals surface area contributed by atoms with E-state index in [1.54, 1.807) is 19.2 Å². The van der Waals surface area contributed by atoms with E-state index in [9.17, 15) is 14.4 Å². The zero-order valence-electron chi connectivity index (χ0n) is 31.3. The first-order chi connectivity index (χ1) is 26.3. The average molecular weight is 721 g/mol. The summed E-state index contributed by atoms with van der Waals surface area (Å²) in [5.41, 5.74) is 4.70. The highest BCUT2D eigenvalue weighted by Gasteiger charge is 2.24. The molecule has 6 aromatic carbocycles. The van der Waals surface area contributed by atoms with Gasteiger partial charge in [-0.15, -0.1) is 0 Å².